The Morgan fingerprint density at radius 2 is 1.80 bits per heavy atom. The highest BCUT2D eigenvalue weighted by Crippen LogP contribution is 2.39. The summed E-state index contributed by atoms with van der Waals surface area (Å²) in [6.45, 7) is 10.7. The predicted molar refractivity (Wildman–Crippen MR) is 141 cm³/mol. The van der Waals surface area contributed by atoms with Gasteiger partial charge < -0.3 is 14.4 Å². The second-order valence-electron chi connectivity index (χ2n) is 10.2. The van der Waals surface area contributed by atoms with Gasteiger partial charge in [-0.05, 0) is 69.3 Å². The normalized spacial score (nSPS) is 11.8. The third kappa shape index (κ3) is 5.93. The Kier molecular flexibility index (Phi) is 8.06. The molecule has 1 heterocycles. The Hall–Kier alpha value is -3.12. The number of esters is 1. The van der Waals surface area contributed by atoms with Gasteiger partial charge in [0.25, 0.3) is 0 Å². The maximum Gasteiger partial charge on any atom is 0.310 e. The maximum atomic E-state index is 13.8. The smallest absolute Gasteiger partial charge is 0.310 e. The number of methoxy groups -OCH3 is 1. The topological polar surface area (TPSA) is 60.8 Å². The van der Waals surface area contributed by atoms with Gasteiger partial charge in [-0.25, -0.2) is 0 Å². The zero-order valence-corrected chi connectivity index (χ0v) is 22.3. The van der Waals surface area contributed by atoms with E-state index < -0.39 is 5.41 Å². The van der Waals surface area contributed by atoms with Crippen LogP contribution in [0.25, 0.3) is 10.9 Å². The molecule has 2 aromatic carbocycles. The highest BCUT2D eigenvalue weighted by atomic mass is 16.5. The van der Waals surface area contributed by atoms with Crippen LogP contribution in [0.5, 0.6) is 11.5 Å². The molecule has 0 unspecified atom stereocenters. The van der Waals surface area contributed by atoms with E-state index in [1.165, 1.54) is 0 Å². The molecule has 0 aliphatic carbocycles. The van der Waals surface area contributed by atoms with Crippen molar-refractivity contribution in [3.8, 4) is 11.5 Å². The van der Waals surface area contributed by atoms with Crippen molar-refractivity contribution >= 4 is 22.8 Å². The van der Waals surface area contributed by atoms with E-state index in [-0.39, 0.29) is 18.3 Å². The summed E-state index contributed by atoms with van der Waals surface area (Å²) in [6, 6.07) is 9.84. The second-order valence-corrected chi connectivity index (χ2v) is 10.2. The van der Waals surface area contributed by atoms with Crippen LogP contribution in [0, 0.1) is 13.8 Å². The fourth-order valence-corrected chi connectivity index (χ4v) is 4.78. The highest BCUT2D eigenvalue weighted by Gasteiger charge is 2.31. The van der Waals surface area contributed by atoms with Crippen molar-refractivity contribution in [1.29, 1.82) is 0 Å². The Morgan fingerprint density at radius 3 is 2.43 bits per heavy atom. The lowest BCUT2D eigenvalue weighted by Gasteiger charge is -2.29. The lowest BCUT2D eigenvalue weighted by molar-refractivity contribution is -0.134. The van der Waals surface area contributed by atoms with Crippen molar-refractivity contribution < 1.29 is 19.1 Å². The molecular formula is C29H38N2O4. The summed E-state index contributed by atoms with van der Waals surface area (Å²) < 4.78 is 12.9. The van der Waals surface area contributed by atoms with Gasteiger partial charge in [0.05, 0.1) is 12.6 Å². The van der Waals surface area contributed by atoms with Crippen LogP contribution in [0.15, 0.2) is 36.5 Å². The fourth-order valence-electron chi connectivity index (χ4n) is 4.78. The van der Waals surface area contributed by atoms with E-state index in [1.807, 2.05) is 72.3 Å². The van der Waals surface area contributed by atoms with Crippen molar-refractivity contribution in [3.05, 3.63) is 58.8 Å². The number of carbonyl (C=O) groups is 2. The van der Waals surface area contributed by atoms with Crippen molar-refractivity contribution in [3.63, 3.8) is 0 Å². The molecule has 6 nitrogen and oxygen atoms in total. The summed E-state index contributed by atoms with van der Waals surface area (Å²) >= 11 is 0. The van der Waals surface area contributed by atoms with Crippen LogP contribution in [-0.4, -0.2) is 49.1 Å². The summed E-state index contributed by atoms with van der Waals surface area (Å²) in [6.07, 6.45) is 3.35. The number of benzene rings is 2. The molecule has 1 aromatic heterocycles. The molecule has 35 heavy (non-hydrogen) atoms. The number of fused-ring (bicyclic) bond motifs is 1. The minimum absolute atomic E-state index is 0.0166. The Bertz CT molecular complexity index is 1240. The first kappa shape index (κ1) is 26.5. The van der Waals surface area contributed by atoms with Gasteiger partial charge in [0.1, 0.15) is 11.5 Å². The third-order valence-corrected chi connectivity index (χ3v) is 6.42. The zero-order valence-electron chi connectivity index (χ0n) is 22.3. The van der Waals surface area contributed by atoms with Crippen LogP contribution < -0.4 is 9.47 Å². The van der Waals surface area contributed by atoms with E-state index in [4.69, 9.17) is 9.47 Å². The minimum atomic E-state index is -0.558. The van der Waals surface area contributed by atoms with Crippen LogP contribution >= 0.6 is 0 Å². The summed E-state index contributed by atoms with van der Waals surface area (Å²) in [5.74, 6) is 0.952. The van der Waals surface area contributed by atoms with Gasteiger partial charge in [-0.1, -0.05) is 26.8 Å². The molecule has 0 aliphatic rings. The highest BCUT2D eigenvalue weighted by molar-refractivity contribution is 5.95. The number of hydrogen-bond donors (Lipinski definition) is 0. The molecule has 0 radical (unpaired) electrons. The molecular weight excluding hydrogens is 440 g/mol. The van der Waals surface area contributed by atoms with Crippen molar-refractivity contribution in [2.45, 2.75) is 59.3 Å². The molecule has 0 fully saturated rings. The molecule has 0 amide bonds. The van der Waals surface area contributed by atoms with Crippen molar-refractivity contribution in [2.24, 2.45) is 0 Å². The van der Waals surface area contributed by atoms with Gasteiger partial charge in [-0.2, -0.15) is 0 Å². The first-order valence-corrected chi connectivity index (χ1v) is 12.1. The average molecular weight is 479 g/mol. The Balaban J connectivity index is 2.03. The third-order valence-electron chi connectivity index (χ3n) is 6.42. The summed E-state index contributed by atoms with van der Waals surface area (Å²) in [7, 11) is 5.72. The van der Waals surface area contributed by atoms with Crippen molar-refractivity contribution in [1.82, 2.24) is 9.47 Å². The molecule has 6 heteroatoms. The van der Waals surface area contributed by atoms with Crippen LogP contribution in [0.4, 0.5) is 0 Å². The van der Waals surface area contributed by atoms with Gasteiger partial charge in [0.15, 0.2) is 0 Å². The molecule has 0 N–H and O–H groups in total. The van der Waals surface area contributed by atoms with Crippen LogP contribution in [-0.2, 0) is 16.6 Å². The minimum Gasteiger partial charge on any atom is -0.497 e. The molecule has 0 saturated heterocycles. The van der Waals surface area contributed by atoms with Crippen LogP contribution in [0.2, 0.25) is 0 Å². The average Bonchev–Trinajstić information content (AvgIpc) is 3.14. The number of likely N-dealkylation sites (N-methyl/N-ethyl adjacent to an activating group) is 1. The first-order valence-electron chi connectivity index (χ1n) is 12.1. The second kappa shape index (κ2) is 10.6. The van der Waals surface area contributed by atoms with E-state index in [0.717, 1.165) is 46.1 Å². The molecule has 0 atom stereocenters. The summed E-state index contributed by atoms with van der Waals surface area (Å²) in [4.78, 5) is 28.0. The number of carbonyl (C=O) groups excluding carboxylic acids is 2. The maximum absolute atomic E-state index is 13.8. The van der Waals surface area contributed by atoms with Gasteiger partial charge in [0, 0.05) is 48.0 Å². The lowest BCUT2D eigenvalue weighted by atomic mass is 9.78. The monoisotopic (exact) mass is 478 g/mol. The van der Waals surface area contributed by atoms with E-state index in [0.29, 0.717) is 17.9 Å². The van der Waals surface area contributed by atoms with E-state index in [9.17, 15) is 9.59 Å². The quantitative estimate of drug-likeness (QED) is 0.292. The fraction of sp³-hybridized carbons (Fsp3) is 0.448. The number of nitrogens with zero attached hydrogens (tertiary/aromatic N) is 2. The van der Waals surface area contributed by atoms with Crippen LogP contribution in [0.1, 0.15) is 60.7 Å². The van der Waals surface area contributed by atoms with Crippen molar-refractivity contribution in [2.75, 3.05) is 27.7 Å². The summed E-state index contributed by atoms with van der Waals surface area (Å²) in [5.41, 5.74) is 4.33. The van der Waals surface area contributed by atoms with Crippen LogP contribution in [0.3, 0.4) is 0 Å². The molecule has 3 rings (SSSR count). The number of aromatic nitrogens is 1. The Morgan fingerprint density at radius 1 is 1.09 bits per heavy atom. The predicted octanol–water partition coefficient (Wildman–Crippen LogP) is 5.69. The largest absolute Gasteiger partial charge is 0.497 e. The van der Waals surface area contributed by atoms with E-state index >= 15 is 0 Å². The lowest BCUT2D eigenvalue weighted by Crippen LogP contribution is -2.27. The summed E-state index contributed by atoms with van der Waals surface area (Å²) in [5, 5.41) is 1.06. The van der Waals surface area contributed by atoms with Gasteiger partial charge in [-0.15, -0.1) is 0 Å². The molecule has 0 spiro atoms. The van der Waals surface area contributed by atoms with E-state index in [2.05, 4.69) is 11.0 Å². The number of hydrogen-bond acceptors (Lipinski definition) is 5. The van der Waals surface area contributed by atoms with E-state index in [1.54, 1.807) is 18.6 Å². The molecule has 188 valence electrons. The Labute approximate surface area is 208 Å². The van der Waals surface area contributed by atoms with Gasteiger partial charge >= 0.3 is 5.97 Å². The number of rotatable bonds is 9. The van der Waals surface area contributed by atoms with Gasteiger partial charge in [0.2, 0.25) is 5.91 Å². The molecule has 0 bridgehead atoms. The van der Waals surface area contributed by atoms with Gasteiger partial charge in [-0.3, -0.25) is 14.2 Å². The molecule has 3 aromatic rings. The zero-order chi connectivity index (χ0) is 25.9. The molecule has 0 aliphatic heterocycles. The number of aryl methyl sites for hydroxylation is 2. The number of ether oxygens (including phenoxy) is 2. The standard InChI is InChI=1S/C29H38N2O4/c1-9-27(33)35-25-15-19(2)14-20(3)28(25)29(4,5)17-26(32)31-18-21(12-13-30(6)7)23-11-10-22(34-8)16-24(23)31/h10-11,14-16,18H,9,12-13,17H2,1-8H3. The SMILES string of the molecule is CCC(=O)Oc1cc(C)cc(C)c1C(C)(C)CC(=O)n1cc(CCN(C)C)c2ccc(OC)cc21. The first-order chi connectivity index (χ1) is 16.5. The molecule has 0 saturated carbocycles.